The van der Waals surface area contributed by atoms with E-state index in [0.717, 1.165) is 35.5 Å². The number of aromatic nitrogens is 3. The van der Waals surface area contributed by atoms with Crippen molar-refractivity contribution in [3.05, 3.63) is 75.3 Å². The van der Waals surface area contributed by atoms with E-state index in [4.69, 9.17) is 5.10 Å². The molecule has 0 fully saturated rings. The van der Waals surface area contributed by atoms with Crippen LogP contribution < -0.4 is 5.56 Å². The molecule has 3 aromatic rings. The van der Waals surface area contributed by atoms with Crippen molar-refractivity contribution < 1.29 is 4.79 Å². The molecule has 0 unspecified atom stereocenters. The van der Waals surface area contributed by atoms with E-state index in [1.807, 2.05) is 29.9 Å². The van der Waals surface area contributed by atoms with Crippen LogP contribution in [-0.2, 0) is 19.9 Å². The Balaban J connectivity index is 1.62. The minimum atomic E-state index is -0.326. The van der Waals surface area contributed by atoms with Gasteiger partial charge in [0.05, 0.1) is 5.69 Å². The number of nitrogens with one attached hydrogen (secondary N) is 1. The van der Waals surface area contributed by atoms with Crippen LogP contribution in [0.1, 0.15) is 27.3 Å². The molecule has 6 heteroatoms. The first-order valence-electron chi connectivity index (χ1n) is 9.14. The highest BCUT2D eigenvalue weighted by atomic mass is 16.2. The molecule has 0 atom stereocenters. The van der Waals surface area contributed by atoms with E-state index in [1.54, 1.807) is 24.0 Å². The smallest absolute Gasteiger partial charge is 0.260 e. The molecule has 0 bridgehead atoms. The molecule has 1 aromatic carbocycles. The first-order valence-corrected chi connectivity index (χ1v) is 9.14. The molecule has 0 saturated carbocycles. The normalized spacial score (nSPS) is 13.9. The highest BCUT2D eigenvalue weighted by Gasteiger charge is 2.26. The summed E-state index contributed by atoms with van der Waals surface area (Å²) < 4.78 is 1.92. The zero-order chi connectivity index (χ0) is 19.0. The van der Waals surface area contributed by atoms with Gasteiger partial charge in [0.25, 0.3) is 11.5 Å². The Morgan fingerprint density at radius 3 is 2.56 bits per heavy atom. The summed E-state index contributed by atoms with van der Waals surface area (Å²) in [6.45, 7) is 2.95. The minimum absolute atomic E-state index is 0.202. The Kier molecular flexibility index (Phi) is 4.39. The van der Waals surface area contributed by atoms with E-state index < -0.39 is 0 Å². The third kappa shape index (κ3) is 3.18. The standard InChI is InChI=1S/C21H22N4O2/c1-14-8-9-17(20(26)22-14)21(27)25-12-10-16-18(11-13-25)24(2)23-19(16)15-6-4-3-5-7-15/h3-9H,10-13H2,1-2H3,(H,22,26). The first-order chi connectivity index (χ1) is 13.0. The Bertz CT molecular complexity index is 1050. The van der Waals surface area contributed by atoms with Crippen molar-refractivity contribution in [2.45, 2.75) is 19.8 Å². The van der Waals surface area contributed by atoms with E-state index in [0.29, 0.717) is 13.1 Å². The Hall–Kier alpha value is -3.15. The van der Waals surface area contributed by atoms with E-state index in [9.17, 15) is 9.59 Å². The predicted molar refractivity (Wildman–Crippen MR) is 104 cm³/mol. The molecule has 138 valence electrons. The van der Waals surface area contributed by atoms with Crippen molar-refractivity contribution in [2.75, 3.05) is 13.1 Å². The van der Waals surface area contributed by atoms with Gasteiger partial charge < -0.3 is 9.88 Å². The second-order valence-electron chi connectivity index (χ2n) is 6.94. The van der Waals surface area contributed by atoms with Crippen LogP contribution in [0, 0.1) is 6.92 Å². The van der Waals surface area contributed by atoms with Gasteiger partial charge in [0.15, 0.2) is 0 Å². The fourth-order valence-electron chi connectivity index (χ4n) is 3.72. The average molecular weight is 362 g/mol. The third-order valence-corrected chi connectivity index (χ3v) is 5.15. The van der Waals surface area contributed by atoms with Crippen LogP contribution in [0.5, 0.6) is 0 Å². The lowest BCUT2D eigenvalue weighted by molar-refractivity contribution is 0.0760. The third-order valence-electron chi connectivity index (χ3n) is 5.15. The van der Waals surface area contributed by atoms with Crippen LogP contribution in [0.2, 0.25) is 0 Å². The number of rotatable bonds is 2. The highest BCUT2D eigenvalue weighted by molar-refractivity contribution is 5.94. The molecule has 1 aliphatic rings. The summed E-state index contributed by atoms with van der Waals surface area (Å²) in [4.78, 5) is 29.5. The zero-order valence-corrected chi connectivity index (χ0v) is 15.5. The van der Waals surface area contributed by atoms with Crippen LogP contribution in [-0.4, -0.2) is 38.7 Å². The summed E-state index contributed by atoms with van der Waals surface area (Å²) in [5.41, 5.74) is 5.04. The number of aryl methyl sites for hydroxylation is 2. The molecule has 0 aliphatic carbocycles. The molecule has 1 amide bonds. The number of hydrogen-bond donors (Lipinski definition) is 1. The molecular weight excluding hydrogens is 340 g/mol. The van der Waals surface area contributed by atoms with Crippen LogP contribution in [0.15, 0.2) is 47.3 Å². The molecule has 0 radical (unpaired) electrons. The molecule has 1 N–H and O–H groups in total. The van der Waals surface area contributed by atoms with Crippen molar-refractivity contribution in [3.63, 3.8) is 0 Å². The van der Waals surface area contributed by atoms with E-state index in [-0.39, 0.29) is 17.0 Å². The molecule has 6 nitrogen and oxygen atoms in total. The van der Waals surface area contributed by atoms with Crippen LogP contribution in [0.4, 0.5) is 0 Å². The number of amides is 1. The topological polar surface area (TPSA) is 71.0 Å². The van der Waals surface area contributed by atoms with Crippen LogP contribution >= 0.6 is 0 Å². The zero-order valence-electron chi connectivity index (χ0n) is 15.5. The summed E-state index contributed by atoms with van der Waals surface area (Å²) in [6, 6.07) is 13.5. The summed E-state index contributed by atoms with van der Waals surface area (Å²) in [7, 11) is 1.95. The molecule has 27 heavy (non-hydrogen) atoms. The largest absolute Gasteiger partial charge is 0.338 e. The van der Waals surface area contributed by atoms with Gasteiger partial charge >= 0.3 is 0 Å². The van der Waals surface area contributed by atoms with Gasteiger partial charge in [0.1, 0.15) is 5.56 Å². The van der Waals surface area contributed by atoms with Gasteiger partial charge in [-0.05, 0) is 25.5 Å². The SMILES string of the molecule is Cc1ccc(C(=O)N2CCc3c(-c4ccccc4)nn(C)c3CC2)c(=O)[nH]1. The number of fused-ring (bicyclic) bond motifs is 1. The number of carbonyl (C=O) groups is 1. The molecule has 4 rings (SSSR count). The van der Waals surface area contributed by atoms with Crippen molar-refractivity contribution in [1.82, 2.24) is 19.7 Å². The monoisotopic (exact) mass is 362 g/mol. The van der Waals surface area contributed by atoms with Crippen LogP contribution in [0.3, 0.4) is 0 Å². The van der Waals surface area contributed by atoms with Gasteiger partial charge in [0.2, 0.25) is 0 Å². The van der Waals surface area contributed by atoms with Crippen LogP contribution in [0.25, 0.3) is 11.3 Å². The van der Waals surface area contributed by atoms with E-state index in [2.05, 4.69) is 17.1 Å². The van der Waals surface area contributed by atoms with Gasteiger partial charge in [-0.25, -0.2) is 0 Å². The Morgan fingerprint density at radius 1 is 1.07 bits per heavy atom. The maximum atomic E-state index is 12.9. The lowest BCUT2D eigenvalue weighted by Crippen LogP contribution is -2.36. The van der Waals surface area contributed by atoms with Gasteiger partial charge in [-0.3, -0.25) is 14.3 Å². The maximum Gasteiger partial charge on any atom is 0.260 e. The van der Waals surface area contributed by atoms with E-state index in [1.165, 1.54) is 5.56 Å². The first kappa shape index (κ1) is 17.3. The second-order valence-corrected chi connectivity index (χ2v) is 6.94. The van der Waals surface area contributed by atoms with Gasteiger partial charge in [-0.2, -0.15) is 5.10 Å². The molecule has 1 aliphatic heterocycles. The fraction of sp³-hybridized carbons (Fsp3) is 0.286. The van der Waals surface area contributed by atoms with Gasteiger partial charge in [0, 0.05) is 49.1 Å². The lowest BCUT2D eigenvalue weighted by Gasteiger charge is -2.20. The number of H-pyrrole nitrogens is 1. The molecule has 0 saturated heterocycles. The Morgan fingerprint density at radius 2 is 1.81 bits per heavy atom. The van der Waals surface area contributed by atoms with Crippen molar-refractivity contribution in [1.29, 1.82) is 0 Å². The van der Waals surface area contributed by atoms with E-state index >= 15 is 0 Å². The highest BCUT2D eigenvalue weighted by Crippen LogP contribution is 2.28. The minimum Gasteiger partial charge on any atom is -0.338 e. The lowest BCUT2D eigenvalue weighted by atomic mass is 10.0. The summed E-state index contributed by atoms with van der Waals surface area (Å²) >= 11 is 0. The summed E-state index contributed by atoms with van der Waals surface area (Å²) in [5, 5.41) is 4.71. The number of hydrogen-bond acceptors (Lipinski definition) is 3. The number of aromatic amines is 1. The quantitative estimate of drug-likeness (QED) is 0.761. The van der Waals surface area contributed by atoms with Crippen molar-refractivity contribution in [2.24, 2.45) is 7.05 Å². The predicted octanol–water partition coefficient (Wildman–Crippen LogP) is 2.32. The molecule has 0 spiro atoms. The Labute approximate surface area is 157 Å². The number of carbonyl (C=O) groups excluding carboxylic acids is 1. The summed E-state index contributed by atoms with van der Waals surface area (Å²) in [6.07, 6.45) is 1.45. The average Bonchev–Trinajstić information content (AvgIpc) is 2.84. The summed E-state index contributed by atoms with van der Waals surface area (Å²) in [5.74, 6) is -0.210. The number of pyridine rings is 1. The molecular formula is C21H22N4O2. The number of nitrogens with zero attached hydrogens (tertiary/aromatic N) is 3. The fourth-order valence-corrected chi connectivity index (χ4v) is 3.72. The maximum absolute atomic E-state index is 12.9. The van der Waals surface area contributed by atoms with Gasteiger partial charge in [-0.15, -0.1) is 0 Å². The van der Waals surface area contributed by atoms with Gasteiger partial charge in [-0.1, -0.05) is 30.3 Å². The molecule has 2 aromatic heterocycles. The molecule has 3 heterocycles. The number of benzene rings is 1. The van der Waals surface area contributed by atoms with Crippen molar-refractivity contribution >= 4 is 5.91 Å². The van der Waals surface area contributed by atoms with Crippen molar-refractivity contribution in [3.8, 4) is 11.3 Å². The second kappa shape index (κ2) is 6.87.